The maximum absolute atomic E-state index is 5.90. The van der Waals surface area contributed by atoms with Crippen molar-refractivity contribution in [2.75, 3.05) is 5.73 Å². The van der Waals surface area contributed by atoms with E-state index < -0.39 is 0 Å². The highest BCUT2D eigenvalue weighted by atomic mass is 127. The molecule has 2 aromatic rings. The number of halogens is 1. The summed E-state index contributed by atoms with van der Waals surface area (Å²) in [5, 5.41) is 4.43. The Labute approximate surface area is 132 Å². The number of hydrogen-bond acceptors (Lipinski definition) is 4. The molecule has 0 aliphatic carbocycles. The Hall–Kier alpha value is -1.15. The maximum Gasteiger partial charge on any atom is 0.146 e. The molecule has 2 aromatic heterocycles. The van der Waals surface area contributed by atoms with Crippen LogP contribution in [0, 0.1) is 3.70 Å². The van der Waals surface area contributed by atoms with Crippen molar-refractivity contribution in [3.63, 3.8) is 0 Å². The number of anilines is 1. The molecule has 20 heavy (non-hydrogen) atoms. The van der Waals surface area contributed by atoms with Crippen molar-refractivity contribution in [2.24, 2.45) is 0 Å². The van der Waals surface area contributed by atoms with E-state index in [1.807, 2.05) is 12.1 Å². The van der Waals surface area contributed by atoms with Crippen LogP contribution in [0.15, 0.2) is 25.0 Å². The topological polar surface area (TPSA) is 68.8 Å². The van der Waals surface area contributed by atoms with Crippen molar-refractivity contribution in [3.05, 3.63) is 28.7 Å². The molecule has 0 aromatic carbocycles. The third kappa shape index (κ3) is 3.29. The van der Waals surface area contributed by atoms with Crippen LogP contribution in [0.1, 0.15) is 20.8 Å². The third-order valence-electron chi connectivity index (χ3n) is 2.95. The van der Waals surface area contributed by atoms with Crippen LogP contribution in [0.4, 0.5) is 5.82 Å². The Kier molecular flexibility index (Phi) is 4.33. The van der Waals surface area contributed by atoms with Gasteiger partial charge in [0.1, 0.15) is 17.8 Å². The van der Waals surface area contributed by atoms with Crippen LogP contribution in [-0.2, 0) is 6.54 Å². The summed E-state index contributed by atoms with van der Waals surface area (Å²) in [5.41, 5.74) is 6.79. The second-order valence-corrected chi connectivity index (χ2v) is 6.92. The second kappa shape index (κ2) is 5.69. The van der Waals surface area contributed by atoms with Gasteiger partial charge in [-0.1, -0.05) is 6.08 Å². The summed E-state index contributed by atoms with van der Waals surface area (Å²) in [6.07, 6.45) is 3.43. The molecule has 0 bridgehead atoms. The van der Waals surface area contributed by atoms with Crippen LogP contribution in [0.3, 0.4) is 0 Å². The molecular weight excluding hydrogens is 365 g/mol. The first kappa shape index (κ1) is 15.2. The number of aromatic nitrogens is 3. The van der Waals surface area contributed by atoms with E-state index in [1.54, 1.807) is 0 Å². The van der Waals surface area contributed by atoms with Crippen molar-refractivity contribution in [1.29, 1.82) is 0 Å². The van der Waals surface area contributed by atoms with Gasteiger partial charge < -0.3 is 15.6 Å². The lowest BCUT2D eigenvalue weighted by atomic mass is 10.1. The molecule has 0 saturated carbocycles. The standard InChI is InChI=1S/C14H20IN5/c1-5-9(19-14(2,3)4)7-20-11(15)6-10-12(16)17-8-18-13(10)20/h5-6,8-9,19H,1,7H2,2-4H3,(H2,16,17,18)/t9-/m0/s1. The lowest BCUT2D eigenvalue weighted by Crippen LogP contribution is -2.44. The molecule has 2 heterocycles. The van der Waals surface area contributed by atoms with Crippen LogP contribution in [0.2, 0.25) is 0 Å². The van der Waals surface area contributed by atoms with E-state index in [4.69, 9.17) is 5.73 Å². The summed E-state index contributed by atoms with van der Waals surface area (Å²) in [6.45, 7) is 11.1. The lowest BCUT2D eigenvalue weighted by molar-refractivity contribution is 0.369. The van der Waals surface area contributed by atoms with E-state index in [-0.39, 0.29) is 11.6 Å². The van der Waals surface area contributed by atoms with Gasteiger partial charge in [0, 0.05) is 18.1 Å². The number of hydrogen-bond donors (Lipinski definition) is 2. The first-order valence-corrected chi connectivity index (χ1v) is 7.55. The Morgan fingerprint density at radius 3 is 2.80 bits per heavy atom. The van der Waals surface area contributed by atoms with Crippen LogP contribution < -0.4 is 11.1 Å². The van der Waals surface area contributed by atoms with E-state index in [0.717, 1.165) is 21.3 Å². The van der Waals surface area contributed by atoms with Crippen molar-refractivity contribution < 1.29 is 0 Å². The fourth-order valence-corrected chi connectivity index (χ4v) is 2.89. The molecule has 108 valence electrons. The number of rotatable bonds is 4. The number of nitrogens with two attached hydrogens (primary N) is 1. The first-order valence-electron chi connectivity index (χ1n) is 6.47. The molecule has 5 nitrogen and oxygen atoms in total. The molecule has 0 radical (unpaired) electrons. The molecule has 0 saturated heterocycles. The number of nitrogens with one attached hydrogen (secondary N) is 1. The van der Waals surface area contributed by atoms with Gasteiger partial charge in [-0.05, 0) is 49.4 Å². The third-order valence-corrected chi connectivity index (χ3v) is 3.85. The molecule has 1 atom stereocenters. The van der Waals surface area contributed by atoms with E-state index >= 15 is 0 Å². The fourth-order valence-electron chi connectivity index (χ4n) is 2.16. The smallest absolute Gasteiger partial charge is 0.146 e. The van der Waals surface area contributed by atoms with Crippen molar-refractivity contribution in [2.45, 2.75) is 38.9 Å². The zero-order valence-electron chi connectivity index (χ0n) is 12.0. The van der Waals surface area contributed by atoms with Crippen LogP contribution in [0.25, 0.3) is 11.0 Å². The summed E-state index contributed by atoms with van der Waals surface area (Å²) >= 11 is 2.29. The zero-order valence-corrected chi connectivity index (χ0v) is 14.2. The molecular formula is C14H20IN5. The summed E-state index contributed by atoms with van der Waals surface area (Å²) in [6, 6.07) is 2.18. The number of nitrogens with zero attached hydrogens (tertiary/aromatic N) is 3. The van der Waals surface area contributed by atoms with Crippen LogP contribution in [0.5, 0.6) is 0 Å². The Morgan fingerprint density at radius 2 is 2.20 bits per heavy atom. The summed E-state index contributed by atoms with van der Waals surface area (Å²) in [5.74, 6) is 0.519. The number of nitrogen functional groups attached to an aromatic ring is 1. The molecule has 6 heteroatoms. The van der Waals surface area contributed by atoms with Crippen molar-refractivity contribution in [1.82, 2.24) is 19.9 Å². The Balaban J connectivity index is 2.35. The fraction of sp³-hybridized carbons (Fsp3) is 0.429. The predicted molar refractivity (Wildman–Crippen MR) is 91.5 cm³/mol. The van der Waals surface area contributed by atoms with Gasteiger partial charge in [0.25, 0.3) is 0 Å². The highest BCUT2D eigenvalue weighted by Crippen LogP contribution is 2.23. The minimum absolute atomic E-state index is 0.0290. The normalized spacial score (nSPS) is 13.6. The van der Waals surface area contributed by atoms with Gasteiger partial charge in [-0.15, -0.1) is 6.58 Å². The lowest BCUT2D eigenvalue weighted by Gasteiger charge is -2.27. The largest absolute Gasteiger partial charge is 0.383 e. The molecule has 0 spiro atoms. The first-order chi connectivity index (χ1) is 9.31. The van der Waals surface area contributed by atoms with Gasteiger partial charge in [0.05, 0.1) is 9.09 Å². The van der Waals surface area contributed by atoms with Crippen LogP contribution >= 0.6 is 22.6 Å². The summed E-state index contributed by atoms with van der Waals surface area (Å²) in [7, 11) is 0. The van der Waals surface area contributed by atoms with E-state index in [1.165, 1.54) is 6.33 Å². The average molecular weight is 385 g/mol. The van der Waals surface area contributed by atoms with Gasteiger partial charge in [0.2, 0.25) is 0 Å². The molecule has 0 fully saturated rings. The molecule has 0 aliphatic heterocycles. The average Bonchev–Trinajstić information content (AvgIpc) is 2.66. The van der Waals surface area contributed by atoms with Crippen molar-refractivity contribution in [3.8, 4) is 0 Å². The molecule has 3 N–H and O–H groups in total. The molecule has 0 amide bonds. The molecule has 2 rings (SSSR count). The molecule has 0 aliphatic rings. The van der Waals surface area contributed by atoms with Gasteiger partial charge in [-0.3, -0.25) is 0 Å². The minimum Gasteiger partial charge on any atom is -0.383 e. The molecule has 0 unspecified atom stereocenters. The van der Waals surface area contributed by atoms with Crippen molar-refractivity contribution >= 4 is 39.4 Å². The zero-order chi connectivity index (χ0) is 14.9. The quantitative estimate of drug-likeness (QED) is 0.627. The van der Waals surface area contributed by atoms with E-state index in [2.05, 4.69) is 69.8 Å². The van der Waals surface area contributed by atoms with Gasteiger partial charge in [-0.25, -0.2) is 9.97 Å². The van der Waals surface area contributed by atoms with Gasteiger partial charge >= 0.3 is 0 Å². The summed E-state index contributed by atoms with van der Waals surface area (Å²) in [4.78, 5) is 8.39. The minimum atomic E-state index is 0.0290. The van der Waals surface area contributed by atoms with Crippen LogP contribution in [-0.4, -0.2) is 26.1 Å². The maximum atomic E-state index is 5.90. The predicted octanol–water partition coefficient (Wildman–Crippen LogP) is 2.56. The summed E-state index contributed by atoms with van der Waals surface area (Å²) < 4.78 is 3.23. The Bertz CT molecular complexity index is 626. The SMILES string of the molecule is C=C[C@@H](Cn1c(I)cc2c(N)ncnc21)NC(C)(C)C. The monoisotopic (exact) mass is 385 g/mol. The number of fused-ring (bicyclic) bond motifs is 1. The highest BCUT2D eigenvalue weighted by molar-refractivity contribution is 14.1. The van der Waals surface area contributed by atoms with Gasteiger partial charge in [0.15, 0.2) is 0 Å². The Morgan fingerprint density at radius 1 is 1.50 bits per heavy atom. The van der Waals surface area contributed by atoms with E-state index in [9.17, 15) is 0 Å². The van der Waals surface area contributed by atoms with Gasteiger partial charge in [-0.2, -0.15) is 0 Å². The van der Waals surface area contributed by atoms with E-state index in [0.29, 0.717) is 5.82 Å². The second-order valence-electron chi connectivity index (χ2n) is 5.81. The highest BCUT2D eigenvalue weighted by Gasteiger charge is 2.18.